The Kier molecular flexibility index (Phi) is 3.15. The first kappa shape index (κ1) is 12.0. The second-order valence-electron chi connectivity index (χ2n) is 4.59. The van der Waals surface area contributed by atoms with Crippen molar-refractivity contribution < 1.29 is 4.79 Å². The van der Waals surface area contributed by atoms with Crippen LogP contribution in [0.5, 0.6) is 0 Å². The lowest BCUT2D eigenvalue weighted by atomic mass is 10.1. The third-order valence-corrected chi connectivity index (χ3v) is 3.70. The second-order valence-corrected chi connectivity index (χ2v) is 5.59. The van der Waals surface area contributed by atoms with Gasteiger partial charge >= 0.3 is 0 Å². The van der Waals surface area contributed by atoms with Crippen LogP contribution in [-0.4, -0.2) is 10.9 Å². The van der Waals surface area contributed by atoms with Crippen LogP contribution >= 0.6 is 11.3 Å². The Labute approximate surface area is 105 Å². The molecule has 90 valence electrons. The van der Waals surface area contributed by atoms with Gasteiger partial charge in [0.2, 0.25) is 5.91 Å². The van der Waals surface area contributed by atoms with Crippen molar-refractivity contribution >= 4 is 32.6 Å². The molecule has 1 aromatic heterocycles. The third-order valence-electron chi connectivity index (χ3n) is 2.57. The van der Waals surface area contributed by atoms with Crippen molar-refractivity contribution in [3.8, 4) is 0 Å². The van der Waals surface area contributed by atoms with E-state index in [0.29, 0.717) is 5.13 Å². The molecule has 1 amide bonds. The van der Waals surface area contributed by atoms with Crippen molar-refractivity contribution in [1.29, 1.82) is 0 Å². The van der Waals surface area contributed by atoms with E-state index in [0.717, 1.165) is 10.2 Å². The van der Waals surface area contributed by atoms with Gasteiger partial charge in [-0.15, -0.1) is 0 Å². The first-order chi connectivity index (χ1) is 7.97. The number of fused-ring (bicyclic) bond motifs is 1. The van der Waals surface area contributed by atoms with Gasteiger partial charge in [-0.1, -0.05) is 31.3 Å². The van der Waals surface area contributed by atoms with Gasteiger partial charge < -0.3 is 5.32 Å². The molecular weight excluding hydrogens is 232 g/mol. The number of nitrogens with one attached hydrogen (secondary N) is 1. The van der Waals surface area contributed by atoms with E-state index in [-0.39, 0.29) is 11.8 Å². The molecule has 2 aromatic rings. The van der Waals surface area contributed by atoms with E-state index in [9.17, 15) is 4.79 Å². The fraction of sp³-hybridized carbons (Fsp3) is 0.385. The maximum absolute atomic E-state index is 11.6. The molecule has 0 atom stereocenters. The number of thiazole rings is 1. The predicted octanol–water partition coefficient (Wildman–Crippen LogP) is 3.51. The lowest BCUT2D eigenvalue weighted by molar-refractivity contribution is -0.118. The van der Waals surface area contributed by atoms with Crippen molar-refractivity contribution in [2.24, 2.45) is 5.92 Å². The van der Waals surface area contributed by atoms with Crippen molar-refractivity contribution in [2.75, 3.05) is 5.32 Å². The van der Waals surface area contributed by atoms with Gasteiger partial charge in [0.25, 0.3) is 0 Å². The van der Waals surface area contributed by atoms with Crippen LogP contribution in [0.2, 0.25) is 0 Å². The van der Waals surface area contributed by atoms with Gasteiger partial charge in [-0.05, 0) is 31.0 Å². The van der Waals surface area contributed by atoms with Gasteiger partial charge in [-0.3, -0.25) is 4.79 Å². The zero-order chi connectivity index (χ0) is 12.6. The van der Waals surface area contributed by atoms with Crippen LogP contribution in [0.15, 0.2) is 12.1 Å². The maximum atomic E-state index is 11.6. The minimum absolute atomic E-state index is 0.0124. The van der Waals surface area contributed by atoms with Crippen LogP contribution in [0.3, 0.4) is 0 Å². The number of nitrogens with zero attached hydrogens (tertiary/aromatic N) is 1. The fourth-order valence-corrected chi connectivity index (χ4v) is 2.60. The molecule has 0 saturated heterocycles. The summed E-state index contributed by atoms with van der Waals surface area (Å²) >= 11 is 1.54. The molecule has 1 N–H and O–H groups in total. The minimum Gasteiger partial charge on any atom is -0.302 e. The van der Waals surface area contributed by atoms with Gasteiger partial charge in [0.15, 0.2) is 5.13 Å². The lowest BCUT2D eigenvalue weighted by Crippen LogP contribution is -2.17. The molecule has 0 radical (unpaired) electrons. The first-order valence-corrected chi connectivity index (χ1v) is 6.47. The first-order valence-electron chi connectivity index (χ1n) is 5.66. The van der Waals surface area contributed by atoms with Crippen molar-refractivity contribution in [1.82, 2.24) is 4.98 Å². The lowest BCUT2D eigenvalue weighted by Gasteiger charge is -2.02. The Bertz CT molecular complexity index is 572. The third kappa shape index (κ3) is 2.47. The minimum atomic E-state index is -0.0233. The molecule has 0 unspecified atom stereocenters. The molecule has 0 spiro atoms. The van der Waals surface area contributed by atoms with E-state index in [1.54, 1.807) is 0 Å². The Hall–Kier alpha value is -1.42. The number of aromatic nitrogens is 1. The normalized spacial score (nSPS) is 11.1. The monoisotopic (exact) mass is 248 g/mol. The summed E-state index contributed by atoms with van der Waals surface area (Å²) < 4.78 is 1.15. The summed E-state index contributed by atoms with van der Waals surface area (Å²) in [4.78, 5) is 16.0. The van der Waals surface area contributed by atoms with Crippen molar-refractivity contribution in [2.45, 2.75) is 27.7 Å². The summed E-state index contributed by atoms with van der Waals surface area (Å²) in [6.07, 6.45) is 0. The summed E-state index contributed by atoms with van der Waals surface area (Å²) in [6.45, 7) is 7.87. The number of carbonyl (C=O) groups excluding carboxylic acids is 1. The molecule has 0 saturated carbocycles. The summed E-state index contributed by atoms with van der Waals surface area (Å²) in [5, 5.41) is 3.53. The van der Waals surface area contributed by atoms with Crippen LogP contribution in [0.25, 0.3) is 10.2 Å². The highest BCUT2D eigenvalue weighted by Gasteiger charge is 2.11. The zero-order valence-corrected chi connectivity index (χ0v) is 11.3. The zero-order valence-electron chi connectivity index (χ0n) is 10.5. The average Bonchev–Trinajstić information content (AvgIpc) is 2.60. The SMILES string of the molecule is Cc1cc(C)c2sc(NC(=O)C(C)C)nc2c1. The van der Waals surface area contributed by atoms with Crippen LogP contribution in [0.4, 0.5) is 5.13 Å². The topological polar surface area (TPSA) is 42.0 Å². The predicted molar refractivity (Wildman–Crippen MR) is 72.6 cm³/mol. The van der Waals surface area contributed by atoms with Crippen molar-refractivity contribution in [3.05, 3.63) is 23.3 Å². The van der Waals surface area contributed by atoms with E-state index in [1.807, 2.05) is 19.9 Å². The number of amides is 1. The number of carbonyl (C=O) groups is 1. The van der Waals surface area contributed by atoms with Crippen LogP contribution in [0, 0.1) is 19.8 Å². The van der Waals surface area contributed by atoms with E-state index in [1.165, 1.54) is 22.5 Å². The summed E-state index contributed by atoms with van der Waals surface area (Å²) in [5.74, 6) is -0.0109. The summed E-state index contributed by atoms with van der Waals surface area (Å²) in [6, 6.07) is 4.18. The van der Waals surface area contributed by atoms with Gasteiger partial charge in [-0.2, -0.15) is 0 Å². The van der Waals surface area contributed by atoms with Gasteiger partial charge in [0, 0.05) is 5.92 Å². The molecule has 2 rings (SSSR count). The number of hydrogen-bond donors (Lipinski definition) is 1. The Balaban J connectivity index is 2.38. The molecule has 1 aromatic carbocycles. The number of rotatable bonds is 2. The molecule has 1 heterocycles. The molecule has 0 aliphatic heterocycles. The molecule has 4 heteroatoms. The Morgan fingerprint density at radius 1 is 1.35 bits per heavy atom. The smallest absolute Gasteiger partial charge is 0.228 e. The van der Waals surface area contributed by atoms with E-state index in [2.05, 4.69) is 30.2 Å². The van der Waals surface area contributed by atoms with Crippen LogP contribution in [-0.2, 0) is 4.79 Å². The number of aryl methyl sites for hydroxylation is 2. The molecule has 0 bridgehead atoms. The van der Waals surface area contributed by atoms with Gasteiger partial charge in [-0.25, -0.2) is 4.98 Å². The number of anilines is 1. The van der Waals surface area contributed by atoms with E-state index in [4.69, 9.17) is 0 Å². The van der Waals surface area contributed by atoms with E-state index >= 15 is 0 Å². The molecule has 0 aliphatic carbocycles. The van der Waals surface area contributed by atoms with Crippen LogP contribution < -0.4 is 5.32 Å². The quantitative estimate of drug-likeness (QED) is 0.883. The average molecular weight is 248 g/mol. The maximum Gasteiger partial charge on any atom is 0.228 e. The van der Waals surface area contributed by atoms with Gasteiger partial charge in [0.1, 0.15) is 0 Å². The highest BCUT2D eigenvalue weighted by molar-refractivity contribution is 7.22. The van der Waals surface area contributed by atoms with Crippen LogP contribution in [0.1, 0.15) is 25.0 Å². The highest BCUT2D eigenvalue weighted by atomic mass is 32.1. The largest absolute Gasteiger partial charge is 0.302 e. The standard InChI is InChI=1S/C13H16N2OS/c1-7(2)12(16)15-13-14-10-6-8(3)5-9(4)11(10)17-13/h5-7H,1-4H3,(H,14,15,16). The molecular formula is C13H16N2OS. The molecule has 0 fully saturated rings. The Morgan fingerprint density at radius 2 is 2.06 bits per heavy atom. The van der Waals surface area contributed by atoms with E-state index < -0.39 is 0 Å². The number of hydrogen-bond acceptors (Lipinski definition) is 3. The summed E-state index contributed by atoms with van der Waals surface area (Å²) in [7, 11) is 0. The van der Waals surface area contributed by atoms with Gasteiger partial charge in [0.05, 0.1) is 10.2 Å². The number of benzene rings is 1. The molecule has 0 aliphatic rings. The molecule has 3 nitrogen and oxygen atoms in total. The fourth-order valence-electron chi connectivity index (χ4n) is 1.68. The second kappa shape index (κ2) is 4.45. The van der Waals surface area contributed by atoms with Crippen molar-refractivity contribution in [3.63, 3.8) is 0 Å². The summed E-state index contributed by atoms with van der Waals surface area (Å²) in [5.41, 5.74) is 3.37. The highest BCUT2D eigenvalue weighted by Crippen LogP contribution is 2.29. The Morgan fingerprint density at radius 3 is 2.71 bits per heavy atom. The molecule has 17 heavy (non-hydrogen) atoms.